The molecule has 0 saturated carbocycles. The van der Waals surface area contributed by atoms with Crippen molar-refractivity contribution in [3.8, 4) is 22.6 Å². The summed E-state index contributed by atoms with van der Waals surface area (Å²) in [6.45, 7) is 9.10. The van der Waals surface area contributed by atoms with Crippen molar-refractivity contribution in [2.75, 3.05) is 58.8 Å². The van der Waals surface area contributed by atoms with Crippen molar-refractivity contribution < 1.29 is 23.9 Å². The Morgan fingerprint density at radius 2 is 1.61 bits per heavy atom. The highest BCUT2D eigenvalue weighted by Gasteiger charge is 2.40. The maximum atomic E-state index is 14.0. The lowest BCUT2D eigenvalue weighted by Gasteiger charge is -2.45. The van der Waals surface area contributed by atoms with E-state index in [0.29, 0.717) is 55.4 Å². The van der Waals surface area contributed by atoms with Gasteiger partial charge in [-0.05, 0) is 87.5 Å². The topological polar surface area (TPSA) is 154 Å². The highest BCUT2D eigenvalue weighted by atomic mass is 16.5. The van der Waals surface area contributed by atoms with Crippen molar-refractivity contribution in [2.24, 2.45) is 7.05 Å². The first-order valence-electron chi connectivity index (χ1n) is 18.7. The third kappa shape index (κ3) is 7.32. The predicted octanol–water partition coefficient (Wildman–Crippen LogP) is 3.47. The Hall–Kier alpha value is -5.21. The summed E-state index contributed by atoms with van der Waals surface area (Å²) in [5, 5.41) is 13.3. The fraction of sp³-hybridized carbons (Fsp3) is 0.475. The van der Waals surface area contributed by atoms with E-state index in [1.807, 2.05) is 29.2 Å². The second-order valence-corrected chi connectivity index (χ2v) is 15.1. The number of fused-ring (bicyclic) bond motifs is 1. The molecule has 2 aromatic carbocycles. The third-order valence-corrected chi connectivity index (χ3v) is 11.5. The van der Waals surface area contributed by atoms with Gasteiger partial charge in [0, 0.05) is 69.0 Å². The van der Waals surface area contributed by atoms with Crippen LogP contribution in [0.5, 0.6) is 11.5 Å². The van der Waals surface area contributed by atoms with Gasteiger partial charge in [0.1, 0.15) is 23.1 Å². The molecule has 2 aromatic heterocycles. The summed E-state index contributed by atoms with van der Waals surface area (Å²) in [4.78, 5) is 56.9. The van der Waals surface area contributed by atoms with Crippen LogP contribution >= 0.6 is 0 Å². The number of rotatable bonds is 10. The molecule has 0 spiro atoms. The summed E-state index contributed by atoms with van der Waals surface area (Å²) in [6.07, 6.45) is 6.22. The molecule has 3 aliphatic rings. The number of H-pyrrole nitrogens is 1. The molecule has 3 amide bonds. The van der Waals surface area contributed by atoms with Crippen LogP contribution in [-0.2, 0) is 28.0 Å². The summed E-state index contributed by atoms with van der Waals surface area (Å²) in [7, 11) is 5.02. The highest BCUT2D eigenvalue weighted by molar-refractivity contribution is 6.01. The molecule has 3 fully saturated rings. The fourth-order valence-electron chi connectivity index (χ4n) is 8.19. The molecule has 0 aliphatic carbocycles. The molecule has 0 bridgehead atoms. The van der Waals surface area contributed by atoms with Gasteiger partial charge in [-0.15, -0.1) is 0 Å². The smallest absolute Gasteiger partial charge is 0.276 e. The zero-order valence-electron chi connectivity index (χ0n) is 31.7. The number of amides is 3. The molecular formula is C40H50N8O6. The number of nitrogens with zero attached hydrogens (tertiary/aromatic N) is 5. The normalized spacial score (nSPS) is 19.2. The lowest BCUT2D eigenvalue weighted by molar-refractivity contribution is -0.145. The number of aromatic nitrogens is 3. The van der Waals surface area contributed by atoms with Crippen LogP contribution < -0.4 is 25.7 Å². The van der Waals surface area contributed by atoms with Crippen LogP contribution in [0, 0.1) is 0 Å². The summed E-state index contributed by atoms with van der Waals surface area (Å²) in [5.41, 5.74) is 4.44. The van der Waals surface area contributed by atoms with Gasteiger partial charge in [0.2, 0.25) is 17.7 Å². The maximum absolute atomic E-state index is 14.0. The number of benzene rings is 2. The number of nitrogens with one attached hydrogen (secondary N) is 3. The number of aryl methyl sites for hydroxylation is 1. The van der Waals surface area contributed by atoms with Gasteiger partial charge in [0.05, 0.1) is 31.5 Å². The van der Waals surface area contributed by atoms with Gasteiger partial charge in [-0.3, -0.25) is 39.4 Å². The number of aromatic amines is 1. The highest BCUT2D eigenvalue weighted by Crippen LogP contribution is 2.38. The van der Waals surface area contributed by atoms with E-state index in [-0.39, 0.29) is 23.3 Å². The van der Waals surface area contributed by atoms with E-state index in [9.17, 15) is 19.2 Å². The molecule has 1 atom stereocenters. The Balaban J connectivity index is 0.938. The second kappa shape index (κ2) is 15.3. The fourth-order valence-corrected chi connectivity index (χ4v) is 8.19. The molecule has 14 nitrogen and oxygen atoms in total. The zero-order chi connectivity index (χ0) is 38.1. The van der Waals surface area contributed by atoms with Crippen molar-refractivity contribution >= 4 is 34.3 Å². The van der Waals surface area contributed by atoms with Crippen LogP contribution in [-0.4, -0.2) is 112 Å². The molecular weight excluding hydrogens is 688 g/mol. The lowest BCUT2D eigenvalue weighted by Crippen LogP contribution is -2.60. The first kappa shape index (κ1) is 37.1. The second-order valence-electron chi connectivity index (χ2n) is 15.1. The van der Waals surface area contributed by atoms with Crippen molar-refractivity contribution in [3.63, 3.8) is 0 Å². The van der Waals surface area contributed by atoms with E-state index in [0.717, 1.165) is 66.8 Å². The van der Waals surface area contributed by atoms with E-state index in [4.69, 9.17) is 9.47 Å². The number of hydrogen-bond acceptors (Lipinski definition) is 10. The number of piperazine rings is 1. The molecule has 3 aliphatic heterocycles. The minimum absolute atomic E-state index is 0.144. The van der Waals surface area contributed by atoms with Gasteiger partial charge in [-0.25, -0.2) is 0 Å². The van der Waals surface area contributed by atoms with Crippen molar-refractivity contribution in [1.82, 2.24) is 34.8 Å². The Morgan fingerprint density at radius 1 is 0.944 bits per heavy atom. The van der Waals surface area contributed by atoms with Crippen LogP contribution in [0.3, 0.4) is 0 Å². The van der Waals surface area contributed by atoms with Crippen LogP contribution in [0.4, 0.5) is 5.69 Å². The number of ether oxygens (including phenoxy) is 2. The third-order valence-electron chi connectivity index (χ3n) is 11.5. The van der Waals surface area contributed by atoms with Crippen LogP contribution in [0.15, 0.2) is 53.6 Å². The van der Waals surface area contributed by atoms with E-state index >= 15 is 0 Å². The van der Waals surface area contributed by atoms with Crippen molar-refractivity contribution in [3.05, 3.63) is 70.3 Å². The SMILES string of the molecule is COc1cc(-c2cn(C)c(=O)c3[nH]ncc23)cc(OC)c1CN1CCN(C(=O)C(C)(C)N2CCC(c3ccc(NC4CCC(=O)NC4=O)cc3)CC2)CC1. The van der Waals surface area contributed by atoms with Crippen LogP contribution in [0.25, 0.3) is 22.0 Å². The molecule has 54 heavy (non-hydrogen) atoms. The van der Waals surface area contributed by atoms with E-state index in [2.05, 4.69) is 56.6 Å². The molecule has 3 N–H and O–H groups in total. The number of hydrogen-bond donors (Lipinski definition) is 3. The first-order chi connectivity index (χ1) is 26.0. The first-order valence-corrected chi connectivity index (χ1v) is 18.7. The molecule has 0 radical (unpaired) electrons. The lowest BCUT2D eigenvalue weighted by atomic mass is 9.86. The summed E-state index contributed by atoms with van der Waals surface area (Å²) in [5.74, 6) is 1.45. The van der Waals surface area contributed by atoms with Gasteiger partial charge >= 0.3 is 0 Å². The van der Waals surface area contributed by atoms with Gasteiger partial charge in [0.15, 0.2) is 0 Å². The van der Waals surface area contributed by atoms with E-state index < -0.39 is 11.6 Å². The number of piperidine rings is 2. The van der Waals surface area contributed by atoms with Gasteiger partial charge in [0.25, 0.3) is 5.56 Å². The summed E-state index contributed by atoms with van der Waals surface area (Å²) < 4.78 is 13.3. The van der Waals surface area contributed by atoms with E-state index in [1.165, 1.54) is 5.56 Å². The quantitative estimate of drug-likeness (QED) is 0.206. The maximum Gasteiger partial charge on any atom is 0.276 e. The number of pyridine rings is 1. The summed E-state index contributed by atoms with van der Waals surface area (Å²) in [6, 6.07) is 11.8. The standard InChI is InChI=1S/C40H50N8O6/c1-40(2,48-14-12-26(13-15-48)25-6-8-28(9-7-25)42-32-10-11-35(49)43-37(32)50)39(52)47-18-16-46(17-19-47)24-31-33(53-4)20-27(21-34(31)54-5)30-23-45(3)38(51)36-29(30)22-41-44-36/h6-9,20-23,26,32,42H,10-19,24H2,1-5H3,(H,41,44)(H,43,49,50). The Bertz CT molecular complexity index is 2070. The predicted molar refractivity (Wildman–Crippen MR) is 206 cm³/mol. The number of carbonyl (C=O) groups excluding carboxylic acids is 3. The van der Waals surface area contributed by atoms with Crippen LogP contribution in [0.2, 0.25) is 0 Å². The minimum Gasteiger partial charge on any atom is -0.496 e. The van der Waals surface area contributed by atoms with Crippen molar-refractivity contribution in [2.45, 2.75) is 63.6 Å². The Morgan fingerprint density at radius 3 is 2.24 bits per heavy atom. The summed E-state index contributed by atoms with van der Waals surface area (Å²) >= 11 is 0. The number of imide groups is 1. The molecule has 3 saturated heterocycles. The zero-order valence-corrected chi connectivity index (χ0v) is 31.7. The number of methoxy groups -OCH3 is 2. The number of likely N-dealkylation sites (tertiary alicyclic amines) is 1. The Kier molecular flexibility index (Phi) is 10.5. The molecule has 14 heteroatoms. The van der Waals surface area contributed by atoms with Crippen molar-refractivity contribution in [1.29, 1.82) is 0 Å². The molecule has 1 unspecified atom stereocenters. The molecule has 286 valence electrons. The van der Waals surface area contributed by atoms with Gasteiger partial charge in [-0.1, -0.05) is 12.1 Å². The average molecular weight is 739 g/mol. The monoisotopic (exact) mass is 738 g/mol. The van der Waals surface area contributed by atoms with E-state index in [1.54, 1.807) is 38.2 Å². The molecule has 4 aromatic rings. The molecule has 5 heterocycles. The van der Waals surface area contributed by atoms with Gasteiger partial charge < -0.3 is 24.3 Å². The van der Waals surface area contributed by atoms with Gasteiger partial charge in [-0.2, -0.15) is 5.10 Å². The average Bonchev–Trinajstić information content (AvgIpc) is 3.68. The minimum atomic E-state index is -0.619. The number of anilines is 1. The van der Waals surface area contributed by atoms with Crippen LogP contribution in [0.1, 0.15) is 56.6 Å². The number of carbonyl (C=O) groups is 3. The largest absolute Gasteiger partial charge is 0.496 e. The Labute approximate surface area is 314 Å². The molecule has 7 rings (SSSR count).